The maximum Gasteiger partial charge on any atom is 0.338 e. The average Bonchev–Trinajstić information content (AvgIpc) is 2.67. The maximum absolute atomic E-state index is 11.2. The second kappa shape index (κ2) is 9.78. The van der Waals surface area contributed by atoms with Crippen LogP contribution in [-0.4, -0.2) is 11.9 Å². The van der Waals surface area contributed by atoms with Gasteiger partial charge in [-0.15, -0.1) is 0 Å². The Morgan fingerprint density at radius 3 is 1.46 bits per heavy atom. The van der Waals surface area contributed by atoms with Gasteiger partial charge in [-0.1, -0.05) is 25.3 Å². The van der Waals surface area contributed by atoms with Crippen molar-refractivity contribution in [2.24, 2.45) is 0 Å². The van der Waals surface area contributed by atoms with Crippen LogP contribution in [0.1, 0.15) is 13.8 Å². The molecule has 0 fully saturated rings. The molecule has 0 aliphatic carbocycles. The first-order chi connectivity index (χ1) is 13.4. The van der Waals surface area contributed by atoms with Gasteiger partial charge < -0.3 is 18.9 Å². The van der Waals surface area contributed by atoms with Crippen LogP contribution in [0.2, 0.25) is 0 Å². The summed E-state index contributed by atoms with van der Waals surface area (Å²) in [6.45, 7) is 10.1. The largest absolute Gasteiger partial charge is 0.462 e. The Bertz CT molecular complexity index is 889. The summed E-state index contributed by atoms with van der Waals surface area (Å²) in [7, 11) is 0. The first-order valence-corrected chi connectivity index (χ1v) is 8.27. The van der Waals surface area contributed by atoms with Gasteiger partial charge in [-0.25, -0.2) is 9.59 Å². The minimum Gasteiger partial charge on any atom is -0.462 e. The highest BCUT2D eigenvalue weighted by Gasteiger charge is 2.02. The molecule has 0 saturated heterocycles. The fourth-order valence-corrected chi connectivity index (χ4v) is 1.94. The molecule has 2 rings (SSSR count). The van der Waals surface area contributed by atoms with Gasteiger partial charge in [0.25, 0.3) is 0 Å². The molecule has 0 radical (unpaired) electrons. The molecule has 0 atom stereocenters. The quantitative estimate of drug-likeness (QED) is 0.373. The summed E-state index contributed by atoms with van der Waals surface area (Å²) in [6.07, 6.45) is 4.86. The van der Waals surface area contributed by atoms with Gasteiger partial charge in [0.15, 0.2) is 0 Å². The van der Waals surface area contributed by atoms with Crippen molar-refractivity contribution in [2.45, 2.75) is 13.8 Å². The van der Waals surface area contributed by atoms with Crippen molar-refractivity contribution >= 4 is 22.7 Å². The summed E-state index contributed by atoms with van der Waals surface area (Å²) in [6, 6.07) is 10.9. The molecule has 144 valence electrons. The molecule has 0 amide bonds. The van der Waals surface area contributed by atoms with E-state index in [-0.39, 0.29) is 0 Å². The minimum absolute atomic E-state index is 0.303. The minimum atomic E-state index is -0.519. The van der Waals surface area contributed by atoms with Crippen molar-refractivity contribution in [2.75, 3.05) is 0 Å². The molecule has 0 aliphatic heterocycles. The SMILES string of the molecule is C=C(C)C(=O)OC=COc1ccc2cc(OC=COC(=O)C(=C)C)ccc2c1. The van der Waals surface area contributed by atoms with E-state index in [4.69, 9.17) is 18.9 Å². The van der Waals surface area contributed by atoms with E-state index in [1.165, 1.54) is 12.5 Å². The predicted molar refractivity (Wildman–Crippen MR) is 105 cm³/mol. The Balaban J connectivity index is 1.96. The van der Waals surface area contributed by atoms with E-state index < -0.39 is 11.9 Å². The third-order valence-electron chi connectivity index (χ3n) is 3.35. The molecule has 0 bridgehead atoms. The molecule has 6 nitrogen and oxygen atoms in total. The van der Waals surface area contributed by atoms with Crippen molar-refractivity contribution < 1.29 is 28.5 Å². The third-order valence-corrected chi connectivity index (χ3v) is 3.35. The van der Waals surface area contributed by atoms with Gasteiger partial charge in [-0.05, 0) is 48.9 Å². The summed E-state index contributed by atoms with van der Waals surface area (Å²) >= 11 is 0. The average molecular weight is 380 g/mol. The molecule has 0 unspecified atom stereocenters. The van der Waals surface area contributed by atoms with E-state index in [2.05, 4.69) is 13.2 Å². The molecule has 6 heteroatoms. The van der Waals surface area contributed by atoms with Gasteiger partial charge in [-0.2, -0.15) is 0 Å². The van der Waals surface area contributed by atoms with Gasteiger partial charge in [0.2, 0.25) is 0 Å². The lowest BCUT2D eigenvalue weighted by Crippen LogP contribution is -1.99. The summed E-state index contributed by atoms with van der Waals surface area (Å²) in [5.74, 6) is 0.120. The Hall–Kier alpha value is -3.80. The lowest BCUT2D eigenvalue weighted by atomic mass is 10.1. The number of hydrogen-bond donors (Lipinski definition) is 0. The zero-order valence-corrected chi connectivity index (χ0v) is 15.6. The van der Waals surface area contributed by atoms with Crippen LogP contribution in [0.5, 0.6) is 11.5 Å². The van der Waals surface area contributed by atoms with E-state index >= 15 is 0 Å². The number of carbonyl (C=O) groups excluding carboxylic acids is 2. The van der Waals surface area contributed by atoms with Gasteiger partial charge in [0, 0.05) is 11.1 Å². The monoisotopic (exact) mass is 380 g/mol. The van der Waals surface area contributed by atoms with Crippen molar-refractivity contribution in [1.29, 1.82) is 0 Å². The van der Waals surface area contributed by atoms with Crippen LogP contribution in [0, 0.1) is 0 Å². The summed E-state index contributed by atoms with van der Waals surface area (Å²) < 4.78 is 20.4. The van der Waals surface area contributed by atoms with Crippen LogP contribution in [0.4, 0.5) is 0 Å². The van der Waals surface area contributed by atoms with Crippen LogP contribution in [-0.2, 0) is 19.1 Å². The smallest absolute Gasteiger partial charge is 0.338 e. The number of esters is 2. The van der Waals surface area contributed by atoms with Crippen molar-refractivity contribution in [3.63, 3.8) is 0 Å². The molecule has 2 aromatic carbocycles. The second-order valence-electron chi connectivity index (χ2n) is 5.82. The number of fused-ring (bicyclic) bond motifs is 1. The number of hydrogen-bond acceptors (Lipinski definition) is 6. The number of ether oxygens (including phenoxy) is 4. The number of rotatable bonds is 8. The molecular formula is C22H20O6. The van der Waals surface area contributed by atoms with Gasteiger partial charge >= 0.3 is 11.9 Å². The molecule has 0 N–H and O–H groups in total. The lowest BCUT2D eigenvalue weighted by molar-refractivity contribution is -0.134. The first-order valence-electron chi connectivity index (χ1n) is 8.27. The van der Waals surface area contributed by atoms with Crippen LogP contribution in [0.25, 0.3) is 10.8 Å². The van der Waals surface area contributed by atoms with Gasteiger partial charge in [-0.3, -0.25) is 0 Å². The Morgan fingerprint density at radius 1 is 0.714 bits per heavy atom. The highest BCUT2D eigenvalue weighted by molar-refractivity contribution is 5.88. The summed E-state index contributed by atoms with van der Waals surface area (Å²) in [4.78, 5) is 22.5. The Labute approximate surface area is 163 Å². The topological polar surface area (TPSA) is 71.1 Å². The molecule has 0 aliphatic rings. The van der Waals surface area contributed by atoms with Crippen LogP contribution in [0.15, 0.2) is 85.8 Å². The van der Waals surface area contributed by atoms with E-state index in [9.17, 15) is 9.59 Å². The van der Waals surface area contributed by atoms with Crippen molar-refractivity contribution in [1.82, 2.24) is 0 Å². The van der Waals surface area contributed by atoms with Gasteiger partial charge in [0.05, 0.1) is 0 Å². The summed E-state index contributed by atoms with van der Waals surface area (Å²) in [5.41, 5.74) is 0.606. The predicted octanol–water partition coefficient (Wildman–Crippen LogP) is 4.78. The molecule has 0 spiro atoms. The van der Waals surface area contributed by atoms with Crippen LogP contribution < -0.4 is 9.47 Å². The standard InChI is InChI=1S/C22H20O6/c1-15(2)21(23)27-11-9-25-19-7-5-18-14-20(8-6-17(18)13-19)26-10-12-28-22(24)16(3)4/h5-14H,1,3H2,2,4H3. The van der Waals surface area contributed by atoms with Gasteiger partial charge in [0.1, 0.15) is 36.5 Å². The van der Waals surface area contributed by atoms with E-state index in [0.717, 1.165) is 23.3 Å². The Kier molecular flexibility index (Phi) is 7.16. The maximum atomic E-state index is 11.2. The molecule has 28 heavy (non-hydrogen) atoms. The van der Waals surface area contributed by atoms with E-state index in [1.54, 1.807) is 26.0 Å². The molecule has 0 saturated carbocycles. The van der Waals surface area contributed by atoms with E-state index in [0.29, 0.717) is 22.6 Å². The van der Waals surface area contributed by atoms with Crippen molar-refractivity contribution in [3.8, 4) is 11.5 Å². The lowest BCUT2D eigenvalue weighted by Gasteiger charge is -2.05. The highest BCUT2D eigenvalue weighted by atomic mass is 16.5. The Morgan fingerprint density at radius 2 is 1.11 bits per heavy atom. The highest BCUT2D eigenvalue weighted by Crippen LogP contribution is 2.25. The third kappa shape index (κ3) is 6.17. The van der Waals surface area contributed by atoms with Crippen LogP contribution >= 0.6 is 0 Å². The fourth-order valence-electron chi connectivity index (χ4n) is 1.94. The number of benzene rings is 2. The van der Waals surface area contributed by atoms with Crippen molar-refractivity contribution in [3.05, 3.63) is 85.8 Å². The molecule has 0 aromatic heterocycles. The first kappa shape index (κ1) is 20.5. The van der Waals surface area contributed by atoms with Crippen LogP contribution in [0.3, 0.4) is 0 Å². The zero-order chi connectivity index (χ0) is 20.5. The second-order valence-corrected chi connectivity index (χ2v) is 5.82. The zero-order valence-electron chi connectivity index (χ0n) is 15.6. The summed E-state index contributed by atoms with van der Waals surface area (Å²) in [5, 5.41) is 1.85. The molecule has 0 heterocycles. The van der Waals surface area contributed by atoms with E-state index in [1.807, 2.05) is 24.3 Å². The molecular weight excluding hydrogens is 360 g/mol. The molecule has 2 aromatic rings. The normalized spacial score (nSPS) is 10.8. The number of carbonyl (C=O) groups is 2. The fraction of sp³-hybridized carbons (Fsp3) is 0.0909.